The third-order valence-electron chi connectivity index (χ3n) is 3.00. The van der Waals surface area contributed by atoms with Crippen LogP contribution in [0.25, 0.3) is 0 Å². The molecule has 0 radical (unpaired) electrons. The molecule has 0 aliphatic carbocycles. The molecule has 0 amide bonds. The van der Waals surface area contributed by atoms with Crippen LogP contribution in [0.1, 0.15) is 30.0 Å². The van der Waals surface area contributed by atoms with Gasteiger partial charge in [-0.2, -0.15) is 0 Å². The Morgan fingerprint density at radius 2 is 2.22 bits per heavy atom. The number of ether oxygens (including phenoxy) is 1. The summed E-state index contributed by atoms with van der Waals surface area (Å²) in [6.45, 7) is 6.85. The molecule has 1 unspecified atom stereocenters. The number of carbonyl (C=O) groups is 1. The molecule has 1 N–H and O–H groups in total. The summed E-state index contributed by atoms with van der Waals surface area (Å²) >= 11 is 0. The molecule has 0 saturated heterocycles. The molecule has 1 aromatic heterocycles. The van der Waals surface area contributed by atoms with Gasteiger partial charge in [0.15, 0.2) is 0 Å². The van der Waals surface area contributed by atoms with Crippen molar-refractivity contribution in [3.8, 4) is 0 Å². The quantitative estimate of drug-likeness (QED) is 0.807. The first-order valence-electron chi connectivity index (χ1n) is 5.97. The van der Waals surface area contributed by atoms with Crippen LogP contribution in [0.3, 0.4) is 0 Å². The van der Waals surface area contributed by atoms with E-state index >= 15 is 0 Å². The van der Waals surface area contributed by atoms with Crippen LogP contribution in [-0.4, -0.2) is 42.8 Å². The van der Waals surface area contributed by atoms with Crippen molar-refractivity contribution in [1.29, 1.82) is 0 Å². The summed E-state index contributed by atoms with van der Waals surface area (Å²) in [4.78, 5) is 12.8. The zero-order valence-corrected chi connectivity index (χ0v) is 11.4. The first-order chi connectivity index (χ1) is 8.45. The van der Waals surface area contributed by atoms with Crippen LogP contribution in [-0.2, 0) is 9.53 Å². The average molecular weight is 255 g/mol. The lowest BCUT2D eigenvalue weighted by molar-refractivity contribution is -0.139. The van der Waals surface area contributed by atoms with Gasteiger partial charge in [-0.25, -0.2) is 0 Å². The number of rotatable bonds is 7. The SMILES string of the molecule is COCCN(CC(=O)O)C(C)c1cc(C)oc1C. The summed E-state index contributed by atoms with van der Waals surface area (Å²) in [5.74, 6) is 0.847. The molecule has 0 fully saturated rings. The highest BCUT2D eigenvalue weighted by Gasteiger charge is 2.21. The second kappa shape index (κ2) is 6.56. The lowest BCUT2D eigenvalue weighted by Gasteiger charge is -2.26. The number of aliphatic carboxylic acids is 1. The second-order valence-electron chi connectivity index (χ2n) is 4.40. The maximum atomic E-state index is 10.9. The van der Waals surface area contributed by atoms with Crippen molar-refractivity contribution in [3.63, 3.8) is 0 Å². The number of furan rings is 1. The Kier molecular flexibility index (Phi) is 5.37. The minimum atomic E-state index is -0.837. The van der Waals surface area contributed by atoms with Crippen LogP contribution in [0.2, 0.25) is 0 Å². The van der Waals surface area contributed by atoms with Gasteiger partial charge in [0.2, 0.25) is 0 Å². The fraction of sp³-hybridized carbons (Fsp3) is 0.615. The summed E-state index contributed by atoms with van der Waals surface area (Å²) in [5, 5.41) is 8.95. The van der Waals surface area contributed by atoms with Gasteiger partial charge in [0.05, 0.1) is 13.2 Å². The van der Waals surface area contributed by atoms with Gasteiger partial charge in [-0.15, -0.1) is 0 Å². The van der Waals surface area contributed by atoms with E-state index in [0.29, 0.717) is 13.2 Å². The van der Waals surface area contributed by atoms with Gasteiger partial charge >= 0.3 is 5.97 Å². The highest BCUT2D eigenvalue weighted by Crippen LogP contribution is 2.25. The fourth-order valence-electron chi connectivity index (χ4n) is 2.05. The molecule has 0 saturated carbocycles. The van der Waals surface area contributed by atoms with Crippen molar-refractivity contribution in [2.24, 2.45) is 0 Å². The third kappa shape index (κ3) is 3.85. The average Bonchev–Trinajstić information content (AvgIpc) is 2.62. The summed E-state index contributed by atoms with van der Waals surface area (Å²) in [6, 6.07) is 1.95. The molecule has 0 aromatic carbocycles. The molecule has 18 heavy (non-hydrogen) atoms. The van der Waals surface area contributed by atoms with Crippen LogP contribution < -0.4 is 0 Å². The largest absolute Gasteiger partial charge is 0.480 e. The van der Waals surface area contributed by atoms with E-state index in [0.717, 1.165) is 17.1 Å². The van der Waals surface area contributed by atoms with Crippen molar-refractivity contribution in [1.82, 2.24) is 4.90 Å². The van der Waals surface area contributed by atoms with Crippen molar-refractivity contribution < 1.29 is 19.1 Å². The molecule has 0 aliphatic heterocycles. The van der Waals surface area contributed by atoms with E-state index in [1.54, 1.807) is 7.11 Å². The van der Waals surface area contributed by atoms with Gasteiger partial charge in [-0.05, 0) is 26.8 Å². The number of carboxylic acids is 1. The fourth-order valence-corrected chi connectivity index (χ4v) is 2.05. The van der Waals surface area contributed by atoms with Crippen LogP contribution >= 0.6 is 0 Å². The molecule has 1 atom stereocenters. The van der Waals surface area contributed by atoms with Crippen molar-refractivity contribution in [2.45, 2.75) is 26.8 Å². The molecule has 0 aliphatic rings. The first kappa shape index (κ1) is 14.7. The number of carboxylic acid groups (broad SMARTS) is 1. The van der Waals surface area contributed by atoms with Crippen LogP contribution in [0, 0.1) is 13.8 Å². The Morgan fingerprint density at radius 1 is 1.56 bits per heavy atom. The molecule has 5 heteroatoms. The Labute approximate surface area is 107 Å². The van der Waals surface area contributed by atoms with E-state index in [1.807, 2.05) is 31.7 Å². The third-order valence-corrected chi connectivity index (χ3v) is 3.00. The molecule has 0 bridgehead atoms. The minimum Gasteiger partial charge on any atom is -0.480 e. The first-order valence-corrected chi connectivity index (χ1v) is 5.97. The summed E-state index contributed by atoms with van der Waals surface area (Å²) in [5.41, 5.74) is 1.03. The van der Waals surface area contributed by atoms with Gasteiger partial charge in [-0.1, -0.05) is 0 Å². The predicted molar refractivity (Wildman–Crippen MR) is 67.7 cm³/mol. The number of methoxy groups -OCH3 is 1. The lowest BCUT2D eigenvalue weighted by Crippen LogP contribution is -2.35. The standard InChI is InChI=1S/C13H21NO4/c1-9-7-12(11(3)18-9)10(2)14(5-6-17-4)8-13(15)16/h7,10H,5-6,8H2,1-4H3,(H,15,16). The Hall–Kier alpha value is -1.33. The molecule has 5 nitrogen and oxygen atoms in total. The molecule has 1 rings (SSSR count). The summed E-state index contributed by atoms with van der Waals surface area (Å²) in [7, 11) is 1.61. The monoisotopic (exact) mass is 255 g/mol. The molecule has 1 aromatic rings. The van der Waals surface area contributed by atoms with Gasteiger partial charge in [-0.3, -0.25) is 9.69 Å². The maximum Gasteiger partial charge on any atom is 0.317 e. The minimum absolute atomic E-state index is 0.00576. The van der Waals surface area contributed by atoms with Crippen molar-refractivity contribution in [3.05, 3.63) is 23.2 Å². The highest BCUT2D eigenvalue weighted by atomic mass is 16.5. The Bertz CT molecular complexity index is 400. The van der Waals surface area contributed by atoms with Crippen molar-refractivity contribution in [2.75, 3.05) is 26.8 Å². The van der Waals surface area contributed by atoms with E-state index in [1.165, 1.54) is 0 Å². The molecule has 0 spiro atoms. The summed E-state index contributed by atoms with van der Waals surface area (Å²) in [6.07, 6.45) is 0. The molecular formula is C13H21NO4. The van der Waals surface area contributed by atoms with Gasteiger partial charge < -0.3 is 14.3 Å². The normalized spacial score (nSPS) is 12.9. The van der Waals surface area contributed by atoms with E-state index in [4.69, 9.17) is 14.3 Å². The Balaban J connectivity index is 2.83. The van der Waals surface area contributed by atoms with Gasteiger partial charge in [0.25, 0.3) is 0 Å². The van der Waals surface area contributed by atoms with E-state index in [-0.39, 0.29) is 12.6 Å². The summed E-state index contributed by atoms with van der Waals surface area (Å²) < 4.78 is 10.5. The van der Waals surface area contributed by atoms with Gasteiger partial charge in [0, 0.05) is 25.3 Å². The van der Waals surface area contributed by atoms with Crippen LogP contribution in [0.15, 0.2) is 10.5 Å². The van der Waals surface area contributed by atoms with Crippen molar-refractivity contribution >= 4 is 5.97 Å². The van der Waals surface area contributed by atoms with Gasteiger partial charge in [0.1, 0.15) is 11.5 Å². The molecule has 102 valence electrons. The topological polar surface area (TPSA) is 62.9 Å². The molecule has 1 heterocycles. The Morgan fingerprint density at radius 3 is 2.67 bits per heavy atom. The number of aryl methyl sites for hydroxylation is 2. The smallest absolute Gasteiger partial charge is 0.317 e. The van der Waals surface area contributed by atoms with Crippen LogP contribution in [0.5, 0.6) is 0 Å². The number of hydrogen-bond donors (Lipinski definition) is 1. The highest BCUT2D eigenvalue weighted by molar-refractivity contribution is 5.69. The predicted octanol–water partition coefficient (Wildman–Crippen LogP) is 1.99. The lowest BCUT2D eigenvalue weighted by atomic mass is 10.1. The van der Waals surface area contributed by atoms with E-state index < -0.39 is 5.97 Å². The zero-order chi connectivity index (χ0) is 13.7. The van der Waals surface area contributed by atoms with E-state index in [9.17, 15) is 4.79 Å². The maximum absolute atomic E-state index is 10.9. The van der Waals surface area contributed by atoms with Crippen LogP contribution in [0.4, 0.5) is 0 Å². The second-order valence-corrected chi connectivity index (χ2v) is 4.40. The zero-order valence-electron chi connectivity index (χ0n) is 11.4. The molecular weight excluding hydrogens is 234 g/mol. The van der Waals surface area contributed by atoms with E-state index in [2.05, 4.69) is 0 Å². The number of nitrogens with zero attached hydrogens (tertiary/aromatic N) is 1. The number of hydrogen-bond acceptors (Lipinski definition) is 4.